The van der Waals surface area contributed by atoms with Crippen molar-refractivity contribution in [2.75, 3.05) is 20.2 Å². The third-order valence-electron chi connectivity index (χ3n) is 5.97. The van der Waals surface area contributed by atoms with Crippen molar-refractivity contribution < 1.29 is 14.3 Å². The lowest BCUT2D eigenvalue weighted by molar-refractivity contribution is -0.132. The molecule has 0 aliphatic carbocycles. The molecule has 0 unspecified atom stereocenters. The van der Waals surface area contributed by atoms with Crippen molar-refractivity contribution in [1.29, 1.82) is 0 Å². The van der Waals surface area contributed by atoms with Crippen LogP contribution in [0.4, 0.5) is 0 Å². The average molecular weight is 418 g/mol. The van der Waals surface area contributed by atoms with Gasteiger partial charge in [0.2, 0.25) is 5.91 Å². The SMILES string of the molecule is COc1ccc(CCC(=O)N2CCC[C@H](c3nc4ccccc4cc3C(N)=O)C2)cc1. The number of para-hydroxylation sites is 1. The van der Waals surface area contributed by atoms with Gasteiger partial charge in [-0.05, 0) is 49.1 Å². The number of nitrogens with two attached hydrogens (primary N) is 1. The number of ether oxygens (including phenoxy) is 1. The Labute approximate surface area is 182 Å². The molecule has 4 rings (SSSR count). The monoisotopic (exact) mass is 417 g/mol. The van der Waals surface area contributed by atoms with Gasteiger partial charge >= 0.3 is 0 Å². The zero-order valence-electron chi connectivity index (χ0n) is 17.7. The Kier molecular flexibility index (Phi) is 6.16. The lowest BCUT2D eigenvalue weighted by Crippen LogP contribution is -2.40. The summed E-state index contributed by atoms with van der Waals surface area (Å²) in [7, 11) is 1.64. The van der Waals surface area contributed by atoms with E-state index in [2.05, 4.69) is 0 Å². The van der Waals surface area contributed by atoms with E-state index in [1.54, 1.807) is 7.11 Å². The molecule has 160 valence electrons. The summed E-state index contributed by atoms with van der Waals surface area (Å²) in [6, 6.07) is 17.3. The third-order valence-corrected chi connectivity index (χ3v) is 5.97. The van der Waals surface area contributed by atoms with Gasteiger partial charge < -0.3 is 15.4 Å². The van der Waals surface area contributed by atoms with Gasteiger partial charge in [0.1, 0.15) is 5.75 Å². The molecule has 1 saturated heterocycles. The number of amides is 2. The fourth-order valence-electron chi connectivity index (χ4n) is 4.27. The molecule has 2 amide bonds. The van der Waals surface area contributed by atoms with Crippen LogP contribution in [0.2, 0.25) is 0 Å². The Morgan fingerprint density at radius 1 is 1.16 bits per heavy atom. The average Bonchev–Trinajstić information content (AvgIpc) is 2.82. The van der Waals surface area contributed by atoms with Crippen molar-refractivity contribution in [3.8, 4) is 5.75 Å². The highest BCUT2D eigenvalue weighted by Gasteiger charge is 2.28. The van der Waals surface area contributed by atoms with Crippen molar-refractivity contribution >= 4 is 22.7 Å². The summed E-state index contributed by atoms with van der Waals surface area (Å²) in [6.45, 7) is 1.30. The molecule has 1 atom stereocenters. The van der Waals surface area contributed by atoms with E-state index in [4.69, 9.17) is 15.5 Å². The van der Waals surface area contributed by atoms with E-state index < -0.39 is 5.91 Å². The number of carbonyl (C=O) groups excluding carboxylic acids is 2. The Morgan fingerprint density at radius 2 is 1.94 bits per heavy atom. The molecular weight excluding hydrogens is 390 g/mol. The second kappa shape index (κ2) is 9.16. The molecule has 1 aliphatic rings. The van der Waals surface area contributed by atoms with E-state index in [0.717, 1.165) is 41.6 Å². The van der Waals surface area contributed by atoms with E-state index >= 15 is 0 Å². The summed E-state index contributed by atoms with van der Waals surface area (Å²) < 4.78 is 5.18. The minimum atomic E-state index is -0.476. The molecule has 1 fully saturated rings. The molecule has 1 aromatic heterocycles. The fraction of sp³-hybridized carbons (Fsp3) is 0.320. The van der Waals surface area contributed by atoms with Crippen LogP contribution >= 0.6 is 0 Å². The quantitative estimate of drug-likeness (QED) is 0.663. The molecule has 6 nitrogen and oxygen atoms in total. The summed E-state index contributed by atoms with van der Waals surface area (Å²) in [4.78, 5) is 31.7. The van der Waals surface area contributed by atoms with Crippen molar-refractivity contribution in [2.24, 2.45) is 5.73 Å². The number of carbonyl (C=O) groups is 2. The van der Waals surface area contributed by atoms with Gasteiger partial charge in [0.15, 0.2) is 0 Å². The third kappa shape index (κ3) is 4.68. The van der Waals surface area contributed by atoms with Crippen molar-refractivity contribution in [3.63, 3.8) is 0 Å². The van der Waals surface area contributed by atoms with Crippen LogP contribution in [0.15, 0.2) is 54.6 Å². The zero-order valence-corrected chi connectivity index (χ0v) is 17.7. The van der Waals surface area contributed by atoms with Crippen LogP contribution in [-0.4, -0.2) is 41.9 Å². The molecule has 0 spiro atoms. The summed E-state index contributed by atoms with van der Waals surface area (Å²) in [5, 5.41) is 0.892. The highest BCUT2D eigenvalue weighted by atomic mass is 16.5. The summed E-state index contributed by atoms with van der Waals surface area (Å²) >= 11 is 0. The Hall–Kier alpha value is -3.41. The number of pyridine rings is 1. The lowest BCUT2D eigenvalue weighted by atomic mass is 9.90. The lowest BCUT2D eigenvalue weighted by Gasteiger charge is -2.33. The first kappa shape index (κ1) is 20.8. The minimum Gasteiger partial charge on any atom is -0.497 e. The first-order valence-corrected chi connectivity index (χ1v) is 10.7. The molecule has 31 heavy (non-hydrogen) atoms. The second-order valence-corrected chi connectivity index (χ2v) is 8.01. The number of hydrogen-bond donors (Lipinski definition) is 1. The van der Waals surface area contributed by atoms with Gasteiger partial charge in [-0.25, -0.2) is 0 Å². The van der Waals surface area contributed by atoms with E-state index in [1.807, 2.05) is 59.5 Å². The number of hydrogen-bond acceptors (Lipinski definition) is 4. The number of rotatable bonds is 6. The molecule has 0 saturated carbocycles. The van der Waals surface area contributed by atoms with Crippen LogP contribution in [-0.2, 0) is 11.2 Å². The van der Waals surface area contributed by atoms with Gasteiger partial charge in [0.05, 0.1) is 23.9 Å². The van der Waals surface area contributed by atoms with Crippen LogP contribution < -0.4 is 10.5 Å². The molecule has 3 aromatic rings. The maximum Gasteiger partial charge on any atom is 0.250 e. The highest BCUT2D eigenvalue weighted by molar-refractivity contribution is 5.97. The zero-order chi connectivity index (χ0) is 21.8. The van der Waals surface area contributed by atoms with E-state index in [0.29, 0.717) is 30.6 Å². The Balaban J connectivity index is 1.48. The predicted octanol–water partition coefficient (Wildman–Crippen LogP) is 3.68. The molecule has 2 heterocycles. The predicted molar refractivity (Wildman–Crippen MR) is 120 cm³/mol. The smallest absolute Gasteiger partial charge is 0.250 e. The standard InChI is InChI=1S/C25H27N3O3/c1-31-20-11-8-17(9-12-20)10-13-23(29)28-14-4-6-19(16-28)24-21(25(26)30)15-18-5-2-3-7-22(18)27-24/h2-3,5,7-9,11-12,15,19H,4,6,10,13-14,16H2,1H3,(H2,26,30)/t19-/m0/s1. The minimum absolute atomic E-state index is 0.00536. The van der Waals surface area contributed by atoms with E-state index in [1.165, 1.54) is 0 Å². The molecule has 6 heteroatoms. The van der Waals surface area contributed by atoms with Gasteiger partial charge in [-0.1, -0.05) is 30.3 Å². The normalized spacial score (nSPS) is 16.3. The first-order valence-electron chi connectivity index (χ1n) is 10.7. The van der Waals surface area contributed by atoms with Crippen LogP contribution in [0.25, 0.3) is 10.9 Å². The second-order valence-electron chi connectivity index (χ2n) is 8.01. The number of aromatic nitrogens is 1. The van der Waals surface area contributed by atoms with Gasteiger partial charge in [-0.2, -0.15) is 0 Å². The molecule has 2 N–H and O–H groups in total. The molecule has 2 aromatic carbocycles. The highest BCUT2D eigenvalue weighted by Crippen LogP contribution is 2.30. The number of piperidine rings is 1. The summed E-state index contributed by atoms with van der Waals surface area (Å²) in [5.41, 5.74) is 8.78. The number of fused-ring (bicyclic) bond motifs is 1. The van der Waals surface area contributed by atoms with Gasteiger partial charge in [0.25, 0.3) is 5.91 Å². The molecule has 0 bridgehead atoms. The number of likely N-dealkylation sites (tertiary alicyclic amines) is 1. The summed E-state index contributed by atoms with van der Waals surface area (Å²) in [6.07, 6.45) is 2.90. The maximum atomic E-state index is 12.9. The van der Waals surface area contributed by atoms with Crippen LogP contribution in [0, 0.1) is 0 Å². The van der Waals surface area contributed by atoms with E-state index in [-0.39, 0.29) is 11.8 Å². The van der Waals surface area contributed by atoms with Crippen LogP contribution in [0.3, 0.4) is 0 Å². The van der Waals surface area contributed by atoms with Crippen molar-refractivity contribution in [1.82, 2.24) is 9.88 Å². The topological polar surface area (TPSA) is 85.5 Å². The maximum absolute atomic E-state index is 12.9. The molecule has 0 radical (unpaired) electrons. The van der Waals surface area contributed by atoms with Crippen molar-refractivity contribution in [2.45, 2.75) is 31.6 Å². The number of aryl methyl sites for hydroxylation is 1. The van der Waals surface area contributed by atoms with Gasteiger partial charge in [-0.3, -0.25) is 14.6 Å². The largest absolute Gasteiger partial charge is 0.497 e. The van der Waals surface area contributed by atoms with Crippen molar-refractivity contribution in [3.05, 3.63) is 71.4 Å². The van der Waals surface area contributed by atoms with Gasteiger partial charge in [0, 0.05) is 30.8 Å². The first-order chi connectivity index (χ1) is 15.0. The number of benzene rings is 2. The van der Waals surface area contributed by atoms with Gasteiger partial charge in [-0.15, -0.1) is 0 Å². The fourth-order valence-corrected chi connectivity index (χ4v) is 4.27. The van der Waals surface area contributed by atoms with Crippen LogP contribution in [0.5, 0.6) is 5.75 Å². The number of methoxy groups -OCH3 is 1. The summed E-state index contributed by atoms with van der Waals surface area (Å²) in [5.74, 6) is 0.464. The molecule has 1 aliphatic heterocycles. The Morgan fingerprint density at radius 3 is 2.68 bits per heavy atom. The Bertz CT molecular complexity index is 1090. The van der Waals surface area contributed by atoms with Crippen LogP contribution in [0.1, 0.15) is 46.8 Å². The number of primary amides is 1. The molecular formula is C25H27N3O3. The van der Waals surface area contributed by atoms with E-state index in [9.17, 15) is 9.59 Å². The number of nitrogens with zero attached hydrogens (tertiary/aromatic N) is 2.